The maximum Gasteiger partial charge on any atom is 0.307 e. The fraction of sp³-hybridized carbons (Fsp3) is 0.381. The maximum atomic E-state index is 12.4. The largest absolute Gasteiger partial charge is 0.459 e. The molecule has 0 N–H and O–H groups in total. The highest BCUT2D eigenvalue weighted by atomic mass is 16.5. The molecule has 150 valence electrons. The highest BCUT2D eigenvalue weighted by Crippen LogP contribution is 2.35. The van der Waals surface area contributed by atoms with Crippen molar-refractivity contribution in [3.8, 4) is 0 Å². The average molecular weight is 395 g/mol. The number of hydrogen-bond acceptors (Lipinski definition) is 6. The molecule has 2 atom stereocenters. The summed E-state index contributed by atoms with van der Waals surface area (Å²) in [5.41, 5.74) is 1.49. The predicted octanol–water partition coefficient (Wildman–Crippen LogP) is 1.39. The van der Waals surface area contributed by atoms with Crippen LogP contribution >= 0.6 is 0 Å². The summed E-state index contributed by atoms with van der Waals surface area (Å²) in [5.74, 6) is -1.58. The molecule has 2 aromatic rings. The van der Waals surface area contributed by atoms with Crippen molar-refractivity contribution in [1.29, 1.82) is 0 Å². The maximum absolute atomic E-state index is 12.4. The number of likely N-dealkylation sites (tertiary alicyclic amines) is 1. The number of imide groups is 1. The summed E-state index contributed by atoms with van der Waals surface area (Å²) in [7, 11) is 0. The van der Waals surface area contributed by atoms with E-state index in [1.54, 1.807) is 12.3 Å². The number of rotatable bonds is 5. The minimum absolute atomic E-state index is 0.0105. The van der Waals surface area contributed by atoms with E-state index in [1.165, 1.54) is 15.4 Å². The lowest BCUT2D eigenvalue weighted by Crippen LogP contribution is -2.33. The van der Waals surface area contributed by atoms with Crippen molar-refractivity contribution in [1.82, 2.24) is 14.3 Å². The zero-order valence-electron chi connectivity index (χ0n) is 16.0. The first-order valence-corrected chi connectivity index (χ1v) is 9.59. The number of aryl methyl sites for hydroxylation is 1. The van der Waals surface area contributed by atoms with E-state index in [2.05, 4.69) is 4.98 Å². The molecule has 1 fully saturated rings. The van der Waals surface area contributed by atoms with Crippen LogP contribution in [0.3, 0.4) is 0 Å². The van der Waals surface area contributed by atoms with Crippen LogP contribution in [0.1, 0.15) is 30.5 Å². The normalized spacial score (nSPS) is 20.9. The van der Waals surface area contributed by atoms with Crippen LogP contribution in [-0.2, 0) is 25.7 Å². The summed E-state index contributed by atoms with van der Waals surface area (Å²) < 4.78 is 6.62. The van der Waals surface area contributed by atoms with Crippen molar-refractivity contribution in [3.63, 3.8) is 0 Å². The van der Waals surface area contributed by atoms with Gasteiger partial charge in [0.15, 0.2) is 0 Å². The number of allylic oxidation sites excluding steroid dienone is 2. The Bertz CT molecular complexity index is 1060. The molecule has 0 spiro atoms. The van der Waals surface area contributed by atoms with E-state index < -0.39 is 5.97 Å². The Hall–Kier alpha value is -3.29. The molecule has 1 saturated heterocycles. The molecule has 8 nitrogen and oxygen atoms in total. The van der Waals surface area contributed by atoms with Gasteiger partial charge in [-0.2, -0.15) is 0 Å². The van der Waals surface area contributed by atoms with Gasteiger partial charge in [-0.25, -0.2) is 4.98 Å². The van der Waals surface area contributed by atoms with Gasteiger partial charge in [-0.05, 0) is 31.4 Å². The minimum atomic E-state index is -0.551. The lowest BCUT2D eigenvalue weighted by molar-refractivity contribution is -0.146. The van der Waals surface area contributed by atoms with Gasteiger partial charge in [0, 0.05) is 18.8 Å². The van der Waals surface area contributed by atoms with Crippen LogP contribution in [-0.4, -0.2) is 38.6 Å². The lowest BCUT2D eigenvalue weighted by Gasteiger charge is -2.14. The Kier molecular flexibility index (Phi) is 5.00. The third-order valence-corrected chi connectivity index (χ3v) is 5.38. The zero-order chi connectivity index (χ0) is 20.5. The molecule has 8 heteroatoms. The molecular weight excluding hydrogens is 374 g/mol. The SMILES string of the molecule is Cc1ccc2nc(COC(=O)CCN3C(=O)[C@H]4CC=CC[C@H]4C3=O)cc(=O)n2c1. The van der Waals surface area contributed by atoms with Crippen molar-refractivity contribution in [2.75, 3.05) is 6.54 Å². The molecule has 1 aliphatic carbocycles. The molecule has 3 heterocycles. The highest BCUT2D eigenvalue weighted by molar-refractivity contribution is 6.05. The summed E-state index contributed by atoms with van der Waals surface area (Å²) in [6.45, 7) is 1.74. The third-order valence-electron chi connectivity index (χ3n) is 5.38. The van der Waals surface area contributed by atoms with Crippen molar-refractivity contribution < 1.29 is 19.1 Å². The Morgan fingerprint density at radius 3 is 2.52 bits per heavy atom. The lowest BCUT2D eigenvalue weighted by atomic mass is 9.85. The molecule has 0 aromatic carbocycles. The van der Waals surface area contributed by atoms with Gasteiger partial charge >= 0.3 is 5.97 Å². The van der Waals surface area contributed by atoms with E-state index in [4.69, 9.17) is 4.74 Å². The Labute approximate surface area is 166 Å². The van der Waals surface area contributed by atoms with Gasteiger partial charge in [0.25, 0.3) is 5.56 Å². The number of pyridine rings is 1. The van der Waals surface area contributed by atoms with E-state index in [1.807, 2.05) is 25.1 Å². The van der Waals surface area contributed by atoms with Crippen LogP contribution in [0, 0.1) is 18.8 Å². The molecule has 2 aromatic heterocycles. The molecule has 29 heavy (non-hydrogen) atoms. The smallest absolute Gasteiger partial charge is 0.307 e. The van der Waals surface area contributed by atoms with E-state index in [0.717, 1.165) is 5.56 Å². The molecule has 2 aliphatic rings. The summed E-state index contributed by atoms with van der Waals surface area (Å²) in [6.07, 6.45) is 6.58. The number of fused-ring (bicyclic) bond motifs is 2. The zero-order valence-corrected chi connectivity index (χ0v) is 16.0. The third kappa shape index (κ3) is 3.70. The van der Waals surface area contributed by atoms with Gasteiger partial charge < -0.3 is 4.74 Å². The van der Waals surface area contributed by atoms with Gasteiger partial charge in [-0.1, -0.05) is 18.2 Å². The number of nitrogens with zero attached hydrogens (tertiary/aromatic N) is 3. The van der Waals surface area contributed by atoms with E-state index in [-0.39, 0.29) is 48.8 Å². The molecular formula is C21H21N3O5. The summed E-state index contributed by atoms with van der Waals surface area (Å²) >= 11 is 0. The van der Waals surface area contributed by atoms with Crippen molar-refractivity contribution in [3.05, 3.63) is 58.2 Å². The first-order valence-electron chi connectivity index (χ1n) is 9.59. The van der Waals surface area contributed by atoms with Gasteiger partial charge in [0.1, 0.15) is 12.3 Å². The van der Waals surface area contributed by atoms with Gasteiger partial charge in [-0.15, -0.1) is 0 Å². The second kappa shape index (κ2) is 7.62. The number of ether oxygens (including phenoxy) is 1. The van der Waals surface area contributed by atoms with Crippen LogP contribution in [0.4, 0.5) is 0 Å². The number of esters is 1. The minimum Gasteiger partial charge on any atom is -0.459 e. The second-order valence-corrected chi connectivity index (χ2v) is 7.41. The van der Waals surface area contributed by atoms with Gasteiger partial charge in [0.05, 0.1) is 24.0 Å². The van der Waals surface area contributed by atoms with Crippen LogP contribution in [0.15, 0.2) is 41.3 Å². The van der Waals surface area contributed by atoms with E-state index in [9.17, 15) is 19.2 Å². The first kappa shape index (κ1) is 19.0. The molecule has 2 amide bonds. The Morgan fingerprint density at radius 1 is 1.14 bits per heavy atom. The Balaban J connectivity index is 1.34. The van der Waals surface area contributed by atoms with Crippen LogP contribution in [0.2, 0.25) is 0 Å². The number of carbonyl (C=O) groups excluding carboxylic acids is 3. The van der Waals surface area contributed by atoms with Crippen LogP contribution < -0.4 is 5.56 Å². The van der Waals surface area contributed by atoms with Crippen LogP contribution in [0.25, 0.3) is 5.65 Å². The number of aromatic nitrogens is 2. The fourth-order valence-electron chi connectivity index (χ4n) is 3.85. The summed E-state index contributed by atoms with van der Waals surface area (Å²) in [6, 6.07) is 4.89. The molecule has 0 radical (unpaired) electrons. The molecule has 4 rings (SSSR count). The standard InChI is InChI=1S/C21H21N3O5/c1-13-6-7-17-22-14(10-18(25)24(17)11-13)12-29-19(26)8-9-23-20(27)15-4-2-3-5-16(15)21(23)28/h2-3,6-7,10-11,15-16H,4-5,8-9,12H2,1H3/t15-,16+. The predicted molar refractivity (Wildman–Crippen MR) is 103 cm³/mol. The topological polar surface area (TPSA) is 98.0 Å². The highest BCUT2D eigenvalue weighted by Gasteiger charge is 2.46. The second-order valence-electron chi connectivity index (χ2n) is 7.41. The molecule has 0 bridgehead atoms. The number of hydrogen-bond donors (Lipinski definition) is 0. The summed E-state index contributed by atoms with van der Waals surface area (Å²) in [4.78, 5) is 54.6. The van der Waals surface area contributed by atoms with Crippen molar-refractivity contribution >= 4 is 23.4 Å². The molecule has 0 unspecified atom stereocenters. The van der Waals surface area contributed by atoms with Crippen LogP contribution in [0.5, 0.6) is 0 Å². The summed E-state index contributed by atoms with van der Waals surface area (Å²) in [5, 5.41) is 0. The molecule has 1 aliphatic heterocycles. The fourth-order valence-corrected chi connectivity index (χ4v) is 3.85. The van der Waals surface area contributed by atoms with E-state index in [0.29, 0.717) is 24.2 Å². The monoisotopic (exact) mass is 395 g/mol. The van der Waals surface area contributed by atoms with Crippen molar-refractivity contribution in [2.45, 2.75) is 32.8 Å². The number of amides is 2. The Morgan fingerprint density at radius 2 is 1.83 bits per heavy atom. The number of carbonyl (C=O) groups is 3. The van der Waals surface area contributed by atoms with E-state index >= 15 is 0 Å². The van der Waals surface area contributed by atoms with Gasteiger partial charge in [0.2, 0.25) is 11.8 Å². The molecule has 0 saturated carbocycles. The van der Waals surface area contributed by atoms with Gasteiger partial charge in [-0.3, -0.25) is 28.5 Å². The first-order chi connectivity index (χ1) is 13.9. The average Bonchev–Trinajstić information content (AvgIpc) is 2.96. The quantitative estimate of drug-likeness (QED) is 0.431. The van der Waals surface area contributed by atoms with Crippen molar-refractivity contribution in [2.24, 2.45) is 11.8 Å².